The highest BCUT2D eigenvalue weighted by atomic mass is 19.1. The second-order valence-electron chi connectivity index (χ2n) is 4.36. The summed E-state index contributed by atoms with van der Waals surface area (Å²) in [6, 6.07) is 7.58. The third-order valence-electron chi connectivity index (χ3n) is 2.96. The Bertz CT molecular complexity index is 685. The number of allylic oxidation sites excluding steroid dienone is 1. The fourth-order valence-corrected chi connectivity index (χ4v) is 1.87. The number of carbonyl (C=O) groups is 1. The average molecular weight is 290 g/mol. The smallest absolute Gasteiger partial charge is 0.330 e. The predicted molar refractivity (Wildman–Crippen MR) is 76.3 cm³/mol. The molecular formula is C16H15FO4. The highest BCUT2D eigenvalue weighted by Gasteiger charge is 2.13. The van der Waals surface area contributed by atoms with Crippen LogP contribution in [0.15, 0.2) is 40.8 Å². The van der Waals surface area contributed by atoms with Gasteiger partial charge >= 0.3 is 5.97 Å². The lowest BCUT2D eigenvalue weighted by atomic mass is 10.1. The van der Waals surface area contributed by atoms with E-state index in [4.69, 9.17) is 9.15 Å². The zero-order chi connectivity index (χ0) is 15.4. The molecular weight excluding hydrogens is 275 g/mol. The number of esters is 1. The predicted octanol–water partition coefficient (Wildman–Crippen LogP) is 3.67. The van der Waals surface area contributed by atoms with Gasteiger partial charge < -0.3 is 13.9 Å². The highest BCUT2D eigenvalue weighted by Crippen LogP contribution is 2.33. The summed E-state index contributed by atoms with van der Waals surface area (Å²) in [4.78, 5) is 11.2. The van der Waals surface area contributed by atoms with Crippen molar-refractivity contribution < 1.29 is 23.1 Å². The van der Waals surface area contributed by atoms with Crippen LogP contribution >= 0.6 is 0 Å². The SMILES string of the molecule is COC(=O)/C=C(\C)c1ccc(-c2cc(F)ccc2OC)o1. The summed E-state index contributed by atoms with van der Waals surface area (Å²) in [6.45, 7) is 1.72. The number of ether oxygens (including phenoxy) is 2. The molecule has 5 heteroatoms. The third kappa shape index (κ3) is 3.31. The quantitative estimate of drug-likeness (QED) is 0.636. The summed E-state index contributed by atoms with van der Waals surface area (Å²) in [6.07, 6.45) is 1.32. The van der Waals surface area contributed by atoms with Crippen LogP contribution in [0.2, 0.25) is 0 Å². The largest absolute Gasteiger partial charge is 0.496 e. The lowest BCUT2D eigenvalue weighted by molar-refractivity contribution is -0.134. The molecule has 0 saturated heterocycles. The van der Waals surface area contributed by atoms with E-state index in [9.17, 15) is 9.18 Å². The number of rotatable bonds is 4. The van der Waals surface area contributed by atoms with Crippen molar-refractivity contribution in [3.8, 4) is 17.1 Å². The number of halogens is 1. The molecule has 0 fully saturated rings. The van der Waals surface area contributed by atoms with E-state index in [0.717, 1.165) is 0 Å². The number of methoxy groups -OCH3 is 2. The van der Waals surface area contributed by atoms with Crippen LogP contribution in [-0.4, -0.2) is 20.2 Å². The third-order valence-corrected chi connectivity index (χ3v) is 2.96. The molecule has 0 atom stereocenters. The number of hydrogen-bond donors (Lipinski definition) is 0. The Balaban J connectivity index is 2.38. The zero-order valence-electron chi connectivity index (χ0n) is 12.0. The van der Waals surface area contributed by atoms with E-state index in [2.05, 4.69) is 4.74 Å². The Hall–Kier alpha value is -2.56. The minimum Gasteiger partial charge on any atom is -0.496 e. The fraction of sp³-hybridized carbons (Fsp3) is 0.188. The van der Waals surface area contributed by atoms with Crippen LogP contribution in [0.1, 0.15) is 12.7 Å². The highest BCUT2D eigenvalue weighted by molar-refractivity contribution is 5.90. The van der Waals surface area contributed by atoms with Gasteiger partial charge in [-0.15, -0.1) is 0 Å². The molecule has 0 unspecified atom stereocenters. The van der Waals surface area contributed by atoms with Gasteiger partial charge in [-0.1, -0.05) is 0 Å². The van der Waals surface area contributed by atoms with Crippen LogP contribution in [0.25, 0.3) is 16.9 Å². The first-order valence-corrected chi connectivity index (χ1v) is 6.25. The summed E-state index contributed by atoms with van der Waals surface area (Å²) in [7, 11) is 2.81. The number of benzene rings is 1. The van der Waals surface area contributed by atoms with Gasteiger partial charge in [0, 0.05) is 6.08 Å². The van der Waals surface area contributed by atoms with Gasteiger partial charge in [0.25, 0.3) is 0 Å². The molecule has 4 nitrogen and oxygen atoms in total. The van der Waals surface area contributed by atoms with E-state index in [-0.39, 0.29) is 5.82 Å². The van der Waals surface area contributed by atoms with Crippen molar-refractivity contribution >= 4 is 11.5 Å². The molecule has 2 aromatic rings. The van der Waals surface area contributed by atoms with Gasteiger partial charge in [0.2, 0.25) is 0 Å². The summed E-state index contributed by atoms with van der Waals surface area (Å²) in [5.41, 5.74) is 1.12. The average Bonchev–Trinajstić information content (AvgIpc) is 2.96. The molecule has 0 N–H and O–H groups in total. The first-order chi connectivity index (χ1) is 10.0. The molecule has 1 aromatic heterocycles. The maximum Gasteiger partial charge on any atom is 0.330 e. The first-order valence-electron chi connectivity index (χ1n) is 6.25. The van der Waals surface area contributed by atoms with Gasteiger partial charge in [0.05, 0.1) is 19.8 Å². The number of hydrogen-bond acceptors (Lipinski definition) is 4. The van der Waals surface area contributed by atoms with E-state index in [1.165, 1.54) is 38.5 Å². The fourth-order valence-electron chi connectivity index (χ4n) is 1.87. The van der Waals surface area contributed by atoms with Crippen molar-refractivity contribution in [2.45, 2.75) is 6.92 Å². The molecule has 0 aliphatic rings. The van der Waals surface area contributed by atoms with E-state index in [1.54, 1.807) is 19.1 Å². The summed E-state index contributed by atoms with van der Waals surface area (Å²) in [5, 5.41) is 0. The van der Waals surface area contributed by atoms with Crippen LogP contribution in [0.3, 0.4) is 0 Å². The van der Waals surface area contributed by atoms with Crippen LogP contribution in [-0.2, 0) is 9.53 Å². The lowest BCUT2D eigenvalue weighted by Crippen LogP contribution is -1.95. The van der Waals surface area contributed by atoms with E-state index >= 15 is 0 Å². The monoisotopic (exact) mass is 290 g/mol. The number of furan rings is 1. The maximum absolute atomic E-state index is 13.4. The van der Waals surface area contributed by atoms with Crippen molar-refractivity contribution in [3.63, 3.8) is 0 Å². The summed E-state index contributed by atoms with van der Waals surface area (Å²) < 4.78 is 28.8. The molecule has 0 spiro atoms. The summed E-state index contributed by atoms with van der Waals surface area (Å²) >= 11 is 0. The molecule has 21 heavy (non-hydrogen) atoms. The van der Waals surface area contributed by atoms with Crippen molar-refractivity contribution in [2.75, 3.05) is 14.2 Å². The van der Waals surface area contributed by atoms with Crippen molar-refractivity contribution in [2.24, 2.45) is 0 Å². The van der Waals surface area contributed by atoms with Gasteiger partial charge in [-0.2, -0.15) is 0 Å². The second kappa shape index (κ2) is 6.26. The minimum absolute atomic E-state index is 0.384. The molecule has 0 aliphatic heterocycles. The Labute approximate surface area is 121 Å². The standard InChI is InChI=1S/C16H15FO4/c1-10(8-16(18)20-3)13-6-7-15(21-13)12-9-11(17)4-5-14(12)19-2/h4-9H,1-3H3/b10-8+. The lowest BCUT2D eigenvalue weighted by Gasteiger charge is -2.06. The minimum atomic E-state index is -0.464. The van der Waals surface area contributed by atoms with Crippen LogP contribution in [0.5, 0.6) is 5.75 Å². The van der Waals surface area contributed by atoms with Crippen LogP contribution in [0.4, 0.5) is 4.39 Å². The maximum atomic E-state index is 13.4. The van der Waals surface area contributed by atoms with Crippen LogP contribution < -0.4 is 4.74 Å². The van der Waals surface area contributed by atoms with Gasteiger partial charge in [-0.25, -0.2) is 9.18 Å². The molecule has 0 amide bonds. The van der Waals surface area contributed by atoms with E-state index < -0.39 is 5.97 Å². The van der Waals surface area contributed by atoms with Gasteiger partial charge in [-0.3, -0.25) is 0 Å². The van der Waals surface area contributed by atoms with E-state index in [0.29, 0.717) is 28.4 Å². The number of carbonyl (C=O) groups excluding carboxylic acids is 1. The zero-order valence-corrected chi connectivity index (χ0v) is 12.0. The molecule has 1 aromatic carbocycles. The Morgan fingerprint density at radius 3 is 2.67 bits per heavy atom. The Morgan fingerprint density at radius 2 is 2.00 bits per heavy atom. The van der Waals surface area contributed by atoms with Gasteiger partial charge in [-0.05, 0) is 42.8 Å². The Morgan fingerprint density at radius 1 is 1.24 bits per heavy atom. The molecule has 0 aliphatic carbocycles. The Kier molecular flexibility index (Phi) is 4.42. The molecule has 2 rings (SSSR count). The molecule has 0 saturated carbocycles. The van der Waals surface area contributed by atoms with Crippen molar-refractivity contribution in [3.05, 3.63) is 48.0 Å². The molecule has 110 valence electrons. The van der Waals surface area contributed by atoms with Gasteiger partial charge in [0.15, 0.2) is 0 Å². The van der Waals surface area contributed by atoms with E-state index in [1.807, 2.05) is 0 Å². The normalized spacial score (nSPS) is 11.3. The summed E-state index contributed by atoms with van der Waals surface area (Å²) in [5.74, 6) is 0.618. The van der Waals surface area contributed by atoms with Crippen molar-refractivity contribution in [1.82, 2.24) is 0 Å². The van der Waals surface area contributed by atoms with Crippen molar-refractivity contribution in [1.29, 1.82) is 0 Å². The molecule has 0 bridgehead atoms. The second-order valence-corrected chi connectivity index (χ2v) is 4.36. The van der Waals surface area contributed by atoms with Gasteiger partial charge in [0.1, 0.15) is 23.1 Å². The molecule has 1 heterocycles. The first kappa shape index (κ1) is 14.8. The van der Waals surface area contributed by atoms with Crippen LogP contribution in [0, 0.1) is 5.82 Å². The molecule has 0 radical (unpaired) electrons. The topological polar surface area (TPSA) is 48.7 Å².